The van der Waals surface area contributed by atoms with Gasteiger partial charge in [-0.05, 0) is 42.5 Å². The molecule has 2 aliphatic rings. The first-order chi connectivity index (χ1) is 15.9. The number of pyridine rings is 2. The standard InChI is InChI=1S/C26H27N3O3S/c1-17(2)20-5-4-19-14-22(33-24(19)29-20)21(30)13-18-3-6-23(28-15-18)25(16-27)7-9-26(10-8-25)31-11-12-32-26/h3-6,14-15,17H,7-13H2,1-2H3. The van der Waals surface area contributed by atoms with Crippen LogP contribution in [0.3, 0.4) is 0 Å². The smallest absolute Gasteiger partial charge is 0.177 e. The van der Waals surface area contributed by atoms with Crippen molar-refractivity contribution in [3.63, 3.8) is 0 Å². The largest absolute Gasteiger partial charge is 0.348 e. The summed E-state index contributed by atoms with van der Waals surface area (Å²) in [5.41, 5.74) is 2.02. The lowest BCUT2D eigenvalue weighted by atomic mass is 9.70. The van der Waals surface area contributed by atoms with Crippen molar-refractivity contribution in [2.75, 3.05) is 13.2 Å². The molecular formula is C26H27N3O3S. The molecule has 1 spiro atoms. The fourth-order valence-electron chi connectivity index (χ4n) is 4.74. The predicted molar refractivity (Wildman–Crippen MR) is 126 cm³/mol. The monoisotopic (exact) mass is 461 g/mol. The fraction of sp³-hybridized carbons (Fsp3) is 0.462. The van der Waals surface area contributed by atoms with Crippen molar-refractivity contribution in [3.8, 4) is 6.07 Å². The zero-order chi connectivity index (χ0) is 23.1. The lowest BCUT2D eigenvalue weighted by Gasteiger charge is -2.39. The molecule has 0 unspecified atom stereocenters. The highest BCUT2D eigenvalue weighted by Crippen LogP contribution is 2.45. The third-order valence-electron chi connectivity index (χ3n) is 6.84. The van der Waals surface area contributed by atoms with E-state index in [1.807, 2.05) is 30.3 Å². The van der Waals surface area contributed by atoms with Crippen molar-refractivity contribution >= 4 is 27.3 Å². The summed E-state index contributed by atoms with van der Waals surface area (Å²) in [5, 5.41) is 11.0. The Bertz CT molecular complexity index is 1210. The normalized spacial score (nSPS) is 19.2. The highest BCUT2D eigenvalue weighted by molar-refractivity contribution is 7.20. The number of hydrogen-bond donors (Lipinski definition) is 0. The Balaban J connectivity index is 1.29. The van der Waals surface area contributed by atoms with Gasteiger partial charge in [0.15, 0.2) is 11.6 Å². The van der Waals surface area contributed by atoms with E-state index in [-0.39, 0.29) is 12.2 Å². The Morgan fingerprint density at radius 2 is 1.91 bits per heavy atom. The topological polar surface area (TPSA) is 85.1 Å². The molecule has 7 heteroatoms. The Labute approximate surface area is 197 Å². The van der Waals surface area contributed by atoms with Gasteiger partial charge in [-0.1, -0.05) is 26.0 Å². The van der Waals surface area contributed by atoms with Crippen LogP contribution in [0, 0.1) is 11.3 Å². The van der Waals surface area contributed by atoms with Gasteiger partial charge >= 0.3 is 0 Å². The second kappa shape index (κ2) is 8.60. The van der Waals surface area contributed by atoms with Crippen LogP contribution in [0.25, 0.3) is 10.2 Å². The summed E-state index contributed by atoms with van der Waals surface area (Å²) in [6, 6.07) is 12.3. The lowest BCUT2D eigenvalue weighted by molar-refractivity contribution is -0.182. The van der Waals surface area contributed by atoms with E-state index in [2.05, 4.69) is 24.9 Å². The van der Waals surface area contributed by atoms with Crippen molar-refractivity contribution in [3.05, 3.63) is 58.4 Å². The molecule has 6 nitrogen and oxygen atoms in total. The summed E-state index contributed by atoms with van der Waals surface area (Å²) < 4.78 is 11.6. The molecule has 170 valence electrons. The first-order valence-corrected chi connectivity index (χ1v) is 12.3. The average Bonchev–Trinajstić information content (AvgIpc) is 3.47. The molecule has 0 amide bonds. The Kier molecular flexibility index (Phi) is 5.77. The molecule has 0 bridgehead atoms. The minimum absolute atomic E-state index is 0.0591. The van der Waals surface area contributed by atoms with E-state index < -0.39 is 11.2 Å². The van der Waals surface area contributed by atoms with Crippen molar-refractivity contribution in [1.82, 2.24) is 9.97 Å². The summed E-state index contributed by atoms with van der Waals surface area (Å²) >= 11 is 1.45. The van der Waals surface area contributed by atoms with Crippen LogP contribution in [-0.2, 0) is 21.3 Å². The van der Waals surface area contributed by atoms with Crippen LogP contribution in [0.2, 0.25) is 0 Å². The van der Waals surface area contributed by atoms with Crippen LogP contribution >= 0.6 is 11.3 Å². The van der Waals surface area contributed by atoms with Gasteiger partial charge in [0.2, 0.25) is 0 Å². The van der Waals surface area contributed by atoms with E-state index in [1.165, 1.54) is 11.3 Å². The SMILES string of the molecule is CC(C)c1ccc2cc(C(=O)Cc3ccc(C4(C#N)CCC5(CC4)OCCO5)nc3)sc2n1. The number of nitrogens with zero attached hydrogens (tertiary/aromatic N) is 3. The summed E-state index contributed by atoms with van der Waals surface area (Å²) in [6.07, 6.45) is 4.72. The van der Waals surface area contributed by atoms with Gasteiger partial charge in [0.05, 0.1) is 35.3 Å². The van der Waals surface area contributed by atoms with E-state index >= 15 is 0 Å². The molecule has 33 heavy (non-hydrogen) atoms. The maximum Gasteiger partial charge on any atom is 0.177 e. The second-order valence-corrected chi connectivity index (χ2v) is 10.4. The van der Waals surface area contributed by atoms with Crippen LogP contribution in [0.1, 0.15) is 72.1 Å². The number of carbonyl (C=O) groups is 1. The minimum Gasteiger partial charge on any atom is -0.348 e. The molecule has 3 aromatic rings. The van der Waals surface area contributed by atoms with Gasteiger partial charge in [0.1, 0.15) is 4.83 Å². The van der Waals surface area contributed by atoms with Gasteiger partial charge in [-0.2, -0.15) is 5.26 Å². The first kappa shape index (κ1) is 22.1. The van der Waals surface area contributed by atoms with Crippen LogP contribution in [0.4, 0.5) is 0 Å². The zero-order valence-electron chi connectivity index (χ0n) is 19.0. The minimum atomic E-state index is -0.631. The predicted octanol–water partition coefficient (Wildman–Crippen LogP) is 5.32. The number of rotatable bonds is 5. The molecule has 0 radical (unpaired) electrons. The highest BCUT2D eigenvalue weighted by Gasteiger charge is 2.48. The van der Waals surface area contributed by atoms with E-state index in [4.69, 9.17) is 14.5 Å². The molecule has 3 aromatic heterocycles. The number of ether oxygens (including phenoxy) is 2. The fourth-order valence-corrected chi connectivity index (χ4v) is 5.72. The number of carbonyl (C=O) groups excluding carboxylic acids is 1. The number of nitriles is 1. The lowest BCUT2D eigenvalue weighted by Crippen LogP contribution is -2.41. The summed E-state index contributed by atoms with van der Waals surface area (Å²) in [4.78, 5) is 23.9. The third kappa shape index (κ3) is 4.19. The van der Waals surface area contributed by atoms with Gasteiger partial charge in [0, 0.05) is 36.5 Å². The van der Waals surface area contributed by atoms with E-state index in [0.29, 0.717) is 49.7 Å². The number of thiophene rings is 1. The molecule has 0 atom stereocenters. The highest BCUT2D eigenvalue weighted by atomic mass is 32.1. The summed E-state index contributed by atoms with van der Waals surface area (Å²) in [7, 11) is 0. The Morgan fingerprint density at radius 1 is 1.15 bits per heavy atom. The molecule has 0 aromatic carbocycles. The van der Waals surface area contributed by atoms with E-state index in [9.17, 15) is 10.1 Å². The van der Waals surface area contributed by atoms with E-state index in [0.717, 1.165) is 27.2 Å². The van der Waals surface area contributed by atoms with Crippen molar-refractivity contribution in [1.29, 1.82) is 5.26 Å². The zero-order valence-corrected chi connectivity index (χ0v) is 19.8. The third-order valence-corrected chi connectivity index (χ3v) is 7.93. The van der Waals surface area contributed by atoms with Crippen molar-refractivity contribution < 1.29 is 14.3 Å². The number of aromatic nitrogens is 2. The van der Waals surface area contributed by atoms with Gasteiger partial charge in [-0.25, -0.2) is 4.98 Å². The quantitative estimate of drug-likeness (QED) is 0.478. The summed E-state index contributed by atoms with van der Waals surface area (Å²) in [6.45, 7) is 5.47. The molecule has 2 fully saturated rings. The number of fused-ring (bicyclic) bond motifs is 1. The van der Waals surface area contributed by atoms with Crippen LogP contribution in [-0.4, -0.2) is 34.8 Å². The number of Topliss-reactive ketones (excluding diaryl/α,β-unsaturated/α-hetero) is 1. The van der Waals surface area contributed by atoms with Crippen molar-refractivity contribution in [2.45, 2.75) is 63.1 Å². The number of ketones is 1. The Hall–Kier alpha value is -2.66. The molecule has 1 saturated carbocycles. The molecule has 1 aliphatic heterocycles. The van der Waals surface area contributed by atoms with Crippen LogP contribution < -0.4 is 0 Å². The van der Waals surface area contributed by atoms with Crippen molar-refractivity contribution in [2.24, 2.45) is 0 Å². The maximum atomic E-state index is 12.9. The molecule has 4 heterocycles. The summed E-state index contributed by atoms with van der Waals surface area (Å²) in [5.74, 6) is -0.101. The average molecular weight is 462 g/mol. The number of hydrogen-bond acceptors (Lipinski definition) is 7. The molecule has 1 saturated heterocycles. The first-order valence-electron chi connectivity index (χ1n) is 11.5. The van der Waals surface area contributed by atoms with Gasteiger partial charge in [-0.3, -0.25) is 9.78 Å². The molecule has 0 N–H and O–H groups in total. The van der Waals surface area contributed by atoms with E-state index in [1.54, 1.807) is 6.20 Å². The van der Waals surface area contributed by atoms with Crippen LogP contribution in [0.15, 0.2) is 36.5 Å². The molecule has 1 aliphatic carbocycles. The van der Waals surface area contributed by atoms with Crippen LogP contribution in [0.5, 0.6) is 0 Å². The molecular weight excluding hydrogens is 434 g/mol. The second-order valence-electron chi connectivity index (χ2n) is 9.35. The Morgan fingerprint density at radius 3 is 2.55 bits per heavy atom. The maximum absolute atomic E-state index is 12.9. The molecule has 5 rings (SSSR count). The van der Waals surface area contributed by atoms with Gasteiger partial charge < -0.3 is 9.47 Å². The van der Waals surface area contributed by atoms with Gasteiger partial charge in [0.25, 0.3) is 0 Å². The van der Waals surface area contributed by atoms with Gasteiger partial charge in [-0.15, -0.1) is 11.3 Å².